The van der Waals surface area contributed by atoms with Crippen molar-refractivity contribution in [2.24, 2.45) is 0 Å². The van der Waals surface area contributed by atoms with E-state index in [0.29, 0.717) is 6.10 Å². The molecular weight excluding hydrogens is 304 g/mol. The van der Waals surface area contributed by atoms with Crippen molar-refractivity contribution >= 4 is 15.9 Å². The van der Waals surface area contributed by atoms with Gasteiger partial charge in [-0.3, -0.25) is 0 Å². The van der Waals surface area contributed by atoms with Gasteiger partial charge in [-0.2, -0.15) is 0 Å². The summed E-state index contributed by atoms with van der Waals surface area (Å²) >= 11 is 3.56. The van der Waals surface area contributed by atoms with E-state index < -0.39 is 0 Å². The van der Waals surface area contributed by atoms with Crippen molar-refractivity contribution in [1.82, 2.24) is 0 Å². The second-order valence-corrected chi connectivity index (χ2v) is 7.04. The van der Waals surface area contributed by atoms with Gasteiger partial charge in [-0.1, -0.05) is 6.42 Å². The molecular formula is C16H23BrO2. The van der Waals surface area contributed by atoms with Gasteiger partial charge in [-0.25, -0.2) is 0 Å². The van der Waals surface area contributed by atoms with Crippen LogP contribution in [0.1, 0.15) is 52.9 Å². The minimum absolute atomic E-state index is 0.186. The van der Waals surface area contributed by atoms with Crippen molar-refractivity contribution in [1.29, 1.82) is 0 Å². The molecule has 0 aromatic heterocycles. The van der Waals surface area contributed by atoms with Crippen molar-refractivity contribution in [3.05, 3.63) is 22.7 Å². The Morgan fingerprint density at radius 3 is 2.37 bits per heavy atom. The number of rotatable bonds is 3. The van der Waals surface area contributed by atoms with E-state index in [1.165, 1.54) is 32.1 Å². The number of benzene rings is 1. The molecule has 19 heavy (non-hydrogen) atoms. The molecule has 1 aromatic rings. The molecule has 0 aliphatic heterocycles. The Balaban J connectivity index is 2.01. The summed E-state index contributed by atoms with van der Waals surface area (Å²) in [4.78, 5) is 0. The lowest BCUT2D eigenvalue weighted by atomic mass is 9.98. The Bertz CT molecular complexity index is 417. The molecule has 0 heterocycles. The smallest absolute Gasteiger partial charge is 0.134 e. The first kappa shape index (κ1) is 14.7. The summed E-state index contributed by atoms with van der Waals surface area (Å²) in [5, 5.41) is 0. The van der Waals surface area contributed by atoms with Gasteiger partial charge in [-0.05, 0) is 80.6 Å². The van der Waals surface area contributed by atoms with Crippen LogP contribution in [0.4, 0.5) is 0 Å². The lowest BCUT2D eigenvalue weighted by molar-refractivity contribution is 0.128. The van der Waals surface area contributed by atoms with E-state index in [1.54, 1.807) is 0 Å². The van der Waals surface area contributed by atoms with Crippen molar-refractivity contribution < 1.29 is 9.47 Å². The predicted molar refractivity (Wildman–Crippen MR) is 82.0 cm³/mol. The SMILES string of the molecule is CC(C)(C)Oc1ccc(OC2CCCCC2)cc1Br. The van der Waals surface area contributed by atoms with Gasteiger partial charge in [0, 0.05) is 0 Å². The first-order valence-electron chi connectivity index (χ1n) is 7.09. The zero-order chi connectivity index (χ0) is 13.9. The maximum absolute atomic E-state index is 6.04. The van der Waals surface area contributed by atoms with Crippen molar-refractivity contribution in [3.8, 4) is 11.5 Å². The van der Waals surface area contributed by atoms with Crippen LogP contribution in [0.15, 0.2) is 22.7 Å². The van der Waals surface area contributed by atoms with E-state index in [9.17, 15) is 0 Å². The van der Waals surface area contributed by atoms with Crippen LogP contribution in [-0.4, -0.2) is 11.7 Å². The van der Waals surface area contributed by atoms with Crippen LogP contribution < -0.4 is 9.47 Å². The molecule has 2 rings (SSSR count). The van der Waals surface area contributed by atoms with Gasteiger partial charge in [0.05, 0.1) is 10.6 Å². The van der Waals surface area contributed by atoms with Crippen LogP contribution in [0.5, 0.6) is 11.5 Å². The molecule has 0 amide bonds. The Hall–Kier alpha value is -0.700. The zero-order valence-corrected chi connectivity index (χ0v) is 13.6. The predicted octanol–water partition coefficient (Wildman–Crippen LogP) is 5.34. The average Bonchev–Trinajstić information content (AvgIpc) is 2.33. The van der Waals surface area contributed by atoms with E-state index in [2.05, 4.69) is 15.9 Å². The Morgan fingerprint density at radius 1 is 1.11 bits per heavy atom. The molecule has 3 heteroatoms. The highest BCUT2D eigenvalue weighted by Gasteiger charge is 2.17. The monoisotopic (exact) mass is 326 g/mol. The molecule has 1 aliphatic rings. The molecule has 0 bridgehead atoms. The fourth-order valence-corrected chi connectivity index (χ4v) is 2.78. The van der Waals surface area contributed by atoms with Crippen LogP contribution >= 0.6 is 15.9 Å². The quantitative estimate of drug-likeness (QED) is 0.746. The highest BCUT2D eigenvalue weighted by Crippen LogP contribution is 2.33. The second-order valence-electron chi connectivity index (χ2n) is 6.18. The number of hydrogen-bond acceptors (Lipinski definition) is 2. The minimum Gasteiger partial charge on any atom is -0.490 e. The molecule has 2 nitrogen and oxygen atoms in total. The van der Waals surface area contributed by atoms with Crippen LogP contribution in [0.25, 0.3) is 0 Å². The fraction of sp³-hybridized carbons (Fsp3) is 0.625. The maximum atomic E-state index is 6.04. The highest BCUT2D eigenvalue weighted by atomic mass is 79.9. The molecule has 0 spiro atoms. The highest BCUT2D eigenvalue weighted by molar-refractivity contribution is 9.10. The lowest BCUT2D eigenvalue weighted by Crippen LogP contribution is -2.23. The van der Waals surface area contributed by atoms with Crippen molar-refractivity contribution in [3.63, 3.8) is 0 Å². The van der Waals surface area contributed by atoms with Gasteiger partial charge in [0.1, 0.15) is 17.1 Å². The van der Waals surface area contributed by atoms with Crippen molar-refractivity contribution in [2.45, 2.75) is 64.6 Å². The van der Waals surface area contributed by atoms with Gasteiger partial charge in [0.25, 0.3) is 0 Å². The van der Waals surface area contributed by atoms with Gasteiger partial charge in [0.2, 0.25) is 0 Å². The standard InChI is InChI=1S/C16H23BrO2/c1-16(2,3)19-15-10-9-13(11-14(15)17)18-12-7-5-4-6-8-12/h9-12H,4-8H2,1-3H3. The molecule has 106 valence electrons. The van der Waals surface area contributed by atoms with Gasteiger partial charge < -0.3 is 9.47 Å². The summed E-state index contributed by atoms with van der Waals surface area (Å²) in [5.41, 5.74) is -0.186. The number of ether oxygens (including phenoxy) is 2. The Labute approximate surface area is 124 Å². The molecule has 0 N–H and O–H groups in total. The molecule has 0 radical (unpaired) electrons. The van der Waals surface area contributed by atoms with Crippen LogP contribution in [-0.2, 0) is 0 Å². The third kappa shape index (κ3) is 4.72. The fourth-order valence-electron chi connectivity index (χ4n) is 2.34. The van der Waals surface area contributed by atoms with Gasteiger partial charge >= 0.3 is 0 Å². The molecule has 0 saturated heterocycles. The molecule has 1 aliphatic carbocycles. The third-order valence-corrected chi connectivity index (χ3v) is 3.79. The van der Waals surface area contributed by atoms with E-state index >= 15 is 0 Å². The molecule has 1 saturated carbocycles. The summed E-state index contributed by atoms with van der Waals surface area (Å²) in [6, 6.07) is 5.99. The number of hydrogen-bond donors (Lipinski definition) is 0. The van der Waals surface area contributed by atoms with Crippen LogP contribution in [0.2, 0.25) is 0 Å². The maximum Gasteiger partial charge on any atom is 0.134 e. The molecule has 1 aromatic carbocycles. The van der Waals surface area contributed by atoms with Crippen molar-refractivity contribution in [2.75, 3.05) is 0 Å². The Morgan fingerprint density at radius 2 is 1.79 bits per heavy atom. The molecule has 0 unspecified atom stereocenters. The largest absolute Gasteiger partial charge is 0.490 e. The topological polar surface area (TPSA) is 18.5 Å². The van der Waals surface area contributed by atoms with E-state index in [-0.39, 0.29) is 5.60 Å². The van der Waals surface area contributed by atoms with E-state index in [4.69, 9.17) is 9.47 Å². The van der Waals surface area contributed by atoms with E-state index in [1.807, 2.05) is 39.0 Å². The Kier molecular flexibility index (Phi) is 4.77. The van der Waals surface area contributed by atoms with Crippen LogP contribution in [0, 0.1) is 0 Å². The molecule has 1 fully saturated rings. The van der Waals surface area contributed by atoms with E-state index in [0.717, 1.165) is 16.0 Å². The minimum atomic E-state index is -0.186. The zero-order valence-electron chi connectivity index (χ0n) is 12.0. The third-order valence-electron chi connectivity index (χ3n) is 3.17. The summed E-state index contributed by atoms with van der Waals surface area (Å²) in [6.45, 7) is 6.14. The molecule has 0 atom stereocenters. The summed E-state index contributed by atoms with van der Waals surface area (Å²) in [7, 11) is 0. The first-order chi connectivity index (χ1) is 8.94. The number of halogens is 1. The lowest BCUT2D eigenvalue weighted by Gasteiger charge is -2.24. The summed E-state index contributed by atoms with van der Waals surface area (Å²) in [6.07, 6.45) is 6.67. The summed E-state index contributed by atoms with van der Waals surface area (Å²) < 4.78 is 12.9. The summed E-state index contributed by atoms with van der Waals surface area (Å²) in [5.74, 6) is 1.79. The first-order valence-corrected chi connectivity index (χ1v) is 7.88. The normalized spacial score (nSPS) is 17.3. The average molecular weight is 327 g/mol. The van der Waals surface area contributed by atoms with Gasteiger partial charge in [0.15, 0.2) is 0 Å². The van der Waals surface area contributed by atoms with Gasteiger partial charge in [-0.15, -0.1) is 0 Å². The second kappa shape index (κ2) is 6.17. The van der Waals surface area contributed by atoms with Crippen LogP contribution in [0.3, 0.4) is 0 Å².